The summed E-state index contributed by atoms with van der Waals surface area (Å²) >= 11 is 0. The van der Waals surface area contributed by atoms with Gasteiger partial charge in [-0.05, 0) is 43.2 Å². The number of nitrogens with zero attached hydrogens (tertiary/aromatic N) is 2. The molecule has 0 heterocycles. The monoisotopic (exact) mass is 279 g/mol. The normalized spacial score (nSPS) is 10.8. The van der Waals surface area contributed by atoms with E-state index >= 15 is 0 Å². The van der Waals surface area contributed by atoms with Crippen LogP contribution in [0.3, 0.4) is 0 Å². The van der Waals surface area contributed by atoms with Crippen molar-refractivity contribution >= 4 is 5.69 Å². The van der Waals surface area contributed by atoms with Gasteiger partial charge in [0.05, 0.1) is 11.6 Å². The van der Waals surface area contributed by atoms with E-state index in [1.807, 2.05) is 42.5 Å². The van der Waals surface area contributed by atoms with E-state index in [0.29, 0.717) is 6.04 Å². The molecule has 0 radical (unpaired) electrons. The molecule has 0 aliphatic carbocycles. The molecule has 0 spiro atoms. The fourth-order valence-electron chi connectivity index (χ4n) is 2.33. The largest absolute Gasteiger partial charge is 0.399 e. The third-order valence-corrected chi connectivity index (χ3v) is 3.58. The van der Waals surface area contributed by atoms with Crippen LogP contribution in [-0.4, -0.2) is 10.9 Å². The zero-order valence-corrected chi connectivity index (χ0v) is 12.6. The molecule has 0 aliphatic heterocycles. The molecule has 3 heteroatoms. The van der Waals surface area contributed by atoms with Gasteiger partial charge in [-0.2, -0.15) is 5.26 Å². The van der Waals surface area contributed by atoms with Crippen LogP contribution in [-0.2, 0) is 13.1 Å². The standard InChI is InChI=1S/C18H21N3/c1-14(2)21(12-15-6-5-9-18(20)10-15)13-17-8-4-3-7-16(17)11-19/h3-10,14H,12-13,20H2,1-2H3. The Kier molecular flexibility index (Phi) is 4.97. The molecular formula is C18H21N3. The molecule has 0 saturated carbocycles. The summed E-state index contributed by atoms with van der Waals surface area (Å²) in [6.45, 7) is 5.92. The first kappa shape index (κ1) is 15.1. The van der Waals surface area contributed by atoms with Gasteiger partial charge in [0.1, 0.15) is 0 Å². The third-order valence-electron chi connectivity index (χ3n) is 3.58. The van der Waals surface area contributed by atoms with Gasteiger partial charge in [-0.3, -0.25) is 4.90 Å². The van der Waals surface area contributed by atoms with Crippen LogP contribution in [0.4, 0.5) is 5.69 Å². The number of nitrogens with two attached hydrogens (primary N) is 1. The predicted octanol–water partition coefficient (Wildman–Crippen LogP) is 3.55. The van der Waals surface area contributed by atoms with Gasteiger partial charge in [0.25, 0.3) is 0 Å². The van der Waals surface area contributed by atoms with Gasteiger partial charge in [0.2, 0.25) is 0 Å². The third kappa shape index (κ3) is 4.08. The van der Waals surface area contributed by atoms with Crippen LogP contribution in [0.5, 0.6) is 0 Å². The van der Waals surface area contributed by atoms with E-state index < -0.39 is 0 Å². The summed E-state index contributed by atoms with van der Waals surface area (Å²) in [7, 11) is 0. The maximum Gasteiger partial charge on any atom is 0.0995 e. The fraction of sp³-hybridized carbons (Fsp3) is 0.278. The molecular weight excluding hydrogens is 258 g/mol. The summed E-state index contributed by atoms with van der Waals surface area (Å²) in [5.74, 6) is 0. The Balaban J connectivity index is 2.18. The molecule has 21 heavy (non-hydrogen) atoms. The second-order valence-corrected chi connectivity index (χ2v) is 5.51. The lowest BCUT2D eigenvalue weighted by Crippen LogP contribution is -2.30. The number of benzene rings is 2. The summed E-state index contributed by atoms with van der Waals surface area (Å²) in [6.07, 6.45) is 0. The molecule has 108 valence electrons. The minimum Gasteiger partial charge on any atom is -0.399 e. The van der Waals surface area contributed by atoms with Gasteiger partial charge >= 0.3 is 0 Å². The quantitative estimate of drug-likeness (QED) is 0.852. The van der Waals surface area contributed by atoms with Gasteiger partial charge in [-0.1, -0.05) is 30.3 Å². The molecule has 0 saturated heterocycles. The van der Waals surface area contributed by atoms with Crippen molar-refractivity contribution in [3.8, 4) is 6.07 Å². The van der Waals surface area contributed by atoms with Crippen LogP contribution in [0.1, 0.15) is 30.5 Å². The zero-order valence-electron chi connectivity index (χ0n) is 12.6. The number of anilines is 1. The van der Waals surface area contributed by atoms with E-state index in [0.717, 1.165) is 29.9 Å². The van der Waals surface area contributed by atoms with Crippen LogP contribution in [0.2, 0.25) is 0 Å². The Morgan fingerprint density at radius 2 is 1.86 bits per heavy atom. The molecule has 0 fully saturated rings. The van der Waals surface area contributed by atoms with Gasteiger partial charge in [0.15, 0.2) is 0 Å². The van der Waals surface area contributed by atoms with Gasteiger partial charge < -0.3 is 5.73 Å². The topological polar surface area (TPSA) is 53.0 Å². The number of hydrogen-bond acceptors (Lipinski definition) is 3. The highest BCUT2D eigenvalue weighted by molar-refractivity contribution is 5.41. The first-order valence-electron chi connectivity index (χ1n) is 7.16. The van der Waals surface area contributed by atoms with E-state index in [-0.39, 0.29) is 0 Å². The molecule has 0 aromatic heterocycles. The zero-order chi connectivity index (χ0) is 15.2. The minimum atomic E-state index is 0.387. The first-order valence-corrected chi connectivity index (χ1v) is 7.16. The predicted molar refractivity (Wildman–Crippen MR) is 86.4 cm³/mol. The molecule has 3 nitrogen and oxygen atoms in total. The average Bonchev–Trinajstić information content (AvgIpc) is 2.47. The lowest BCUT2D eigenvalue weighted by atomic mass is 10.1. The Labute approximate surface area is 126 Å². The van der Waals surface area contributed by atoms with Crippen molar-refractivity contribution in [2.24, 2.45) is 0 Å². The van der Waals surface area contributed by atoms with Crippen molar-refractivity contribution in [1.82, 2.24) is 4.90 Å². The summed E-state index contributed by atoms with van der Waals surface area (Å²) in [5, 5.41) is 9.21. The fourth-order valence-corrected chi connectivity index (χ4v) is 2.33. The minimum absolute atomic E-state index is 0.387. The number of hydrogen-bond donors (Lipinski definition) is 1. The molecule has 0 amide bonds. The highest BCUT2D eigenvalue weighted by Crippen LogP contribution is 2.17. The lowest BCUT2D eigenvalue weighted by molar-refractivity contribution is 0.203. The van der Waals surface area contributed by atoms with Crippen LogP contribution < -0.4 is 5.73 Å². The Morgan fingerprint density at radius 3 is 2.52 bits per heavy atom. The highest BCUT2D eigenvalue weighted by Gasteiger charge is 2.13. The van der Waals surface area contributed by atoms with Gasteiger partial charge in [-0.15, -0.1) is 0 Å². The summed E-state index contributed by atoms with van der Waals surface area (Å²) in [4.78, 5) is 2.34. The van der Waals surface area contributed by atoms with E-state index in [1.54, 1.807) is 0 Å². The Hall–Kier alpha value is -2.31. The van der Waals surface area contributed by atoms with Crippen molar-refractivity contribution in [2.75, 3.05) is 5.73 Å². The van der Waals surface area contributed by atoms with Crippen molar-refractivity contribution in [3.05, 3.63) is 65.2 Å². The summed E-state index contributed by atoms with van der Waals surface area (Å²) in [6, 6.07) is 18.4. The smallest absolute Gasteiger partial charge is 0.0995 e. The molecule has 2 aromatic carbocycles. The van der Waals surface area contributed by atoms with Crippen LogP contribution in [0.25, 0.3) is 0 Å². The van der Waals surface area contributed by atoms with E-state index in [4.69, 9.17) is 5.73 Å². The Bertz CT molecular complexity index is 641. The van der Waals surface area contributed by atoms with Crippen LogP contribution in [0, 0.1) is 11.3 Å². The maximum atomic E-state index is 9.21. The number of nitrogen functional groups attached to an aromatic ring is 1. The van der Waals surface area contributed by atoms with Crippen LogP contribution >= 0.6 is 0 Å². The average molecular weight is 279 g/mol. The van der Waals surface area contributed by atoms with E-state index in [1.165, 1.54) is 5.56 Å². The highest BCUT2D eigenvalue weighted by atomic mass is 15.1. The first-order chi connectivity index (χ1) is 10.1. The maximum absolute atomic E-state index is 9.21. The second-order valence-electron chi connectivity index (χ2n) is 5.51. The second kappa shape index (κ2) is 6.92. The Morgan fingerprint density at radius 1 is 1.10 bits per heavy atom. The van der Waals surface area contributed by atoms with Gasteiger partial charge in [0, 0.05) is 24.8 Å². The molecule has 2 N–H and O–H groups in total. The molecule has 0 bridgehead atoms. The summed E-state index contributed by atoms with van der Waals surface area (Å²) in [5.41, 5.74) is 9.64. The van der Waals surface area contributed by atoms with Crippen molar-refractivity contribution < 1.29 is 0 Å². The lowest BCUT2D eigenvalue weighted by Gasteiger charge is -2.27. The SMILES string of the molecule is CC(C)N(Cc1cccc(N)c1)Cc1ccccc1C#N. The van der Waals surface area contributed by atoms with Gasteiger partial charge in [-0.25, -0.2) is 0 Å². The van der Waals surface area contributed by atoms with Crippen molar-refractivity contribution in [2.45, 2.75) is 33.0 Å². The molecule has 0 unspecified atom stereocenters. The van der Waals surface area contributed by atoms with E-state index in [9.17, 15) is 5.26 Å². The number of rotatable bonds is 5. The van der Waals surface area contributed by atoms with Crippen molar-refractivity contribution in [1.29, 1.82) is 5.26 Å². The molecule has 0 atom stereocenters. The molecule has 0 aliphatic rings. The molecule has 2 aromatic rings. The molecule has 2 rings (SSSR count). The number of nitriles is 1. The van der Waals surface area contributed by atoms with Crippen LogP contribution in [0.15, 0.2) is 48.5 Å². The summed E-state index contributed by atoms with van der Waals surface area (Å²) < 4.78 is 0. The van der Waals surface area contributed by atoms with E-state index in [2.05, 4.69) is 30.9 Å². The van der Waals surface area contributed by atoms with Crippen molar-refractivity contribution in [3.63, 3.8) is 0 Å².